The molecule has 0 N–H and O–H groups in total. The summed E-state index contributed by atoms with van der Waals surface area (Å²) in [5.74, 6) is 2.03. The maximum atomic E-state index is 6.31. The summed E-state index contributed by atoms with van der Waals surface area (Å²) in [6.45, 7) is 0. The maximum absolute atomic E-state index is 6.31. The predicted octanol–water partition coefficient (Wildman–Crippen LogP) is 9.80. The quantitative estimate of drug-likeness (QED) is 0.182. The van der Waals surface area contributed by atoms with Gasteiger partial charge < -0.3 is 0 Å². The molecule has 0 bridgehead atoms. The first-order valence-corrected chi connectivity index (χ1v) is 16.2. The third-order valence-corrected chi connectivity index (χ3v) is 10.7. The third kappa shape index (κ3) is 4.10. The number of hydrogen-bond donors (Lipinski definition) is 0. The first kappa shape index (κ1) is 25.2. The number of fused-ring (bicyclic) bond motifs is 6. The number of rotatable bonds is 4. The zero-order valence-corrected chi connectivity index (χ0v) is 25.2. The second-order valence-corrected chi connectivity index (χ2v) is 13.0. The number of furan rings is 1. The zero-order chi connectivity index (χ0) is 29.0. The summed E-state index contributed by atoms with van der Waals surface area (Å²) in [6, 6.07) is 48.3. The molecule has 206 valence electrons. The van der Waals surface area contributed by atoms with Crippen molar-refractivity contribution in [3.05, 3.63) is 140 Å². The van der Waals surface area contributed by atoms with E-state index in [9.17, 15) is 0 Å². The van der Waals surface area contributed by atoms with Crippen LogP contribution in [-0.2, 0) is 0 Å². The number of aromatic nitrogens is 3. The first-order valence-electron chi connectivity index (χ1n) is 14.5. The molecule has 0 saturated heterocycles. The molecule has 0 aliphatic heterocycles. The number of para-hydroxylation sites is 2. The van der Waals surface area contributed by atoms with Crippen molar-refractivity contribution in [3.63, 3.8) is 0 Å². The van der Waals surface area contributed by atoms with E-state index in [0.29, 0.717) is 17.5 Å². The molecule has 9 aromatic rings. The van der Waals surface area contributed by atoms with Crippen molar-refractivity contribution in [2.24, 2.45) is 0 Å². The summed E-state index contributed by atoms with van der Waals surface area (Å²) in [6.07, 6.45) is 0. The fraction of sp³-hybridized carbons (Fsp3) is 0. The van der Waals surface area contributed by atoms with Gasteiger partial charge in [-0.2, -0.15) is 0 Å². The van der Waals surface area contributed by atoms with E-state index in [0.717, 1.165) is 49.8 Å². The summed E-state index contributed by atoms with van der Waals surface area (Å²) in [5, 5.41) is 4.85. The van der Waals surface area contributed by atoms with Crippen LogP contribution < -0.4 is 0 Å². The first-order chi connectivity index (χ1) is 21.8. The van der Waals surface area contributed by atoms with Gasteiger partial charge in [0, 0.05) is 5.39 Å². The Labute approximate surface area is 259 Å². The molecule has 0 fully saturated rings. The summed E-state index contributed by atoms with van der Waals surface area (Å²) in [7, 11) is 0. The molecular weight excluding hydrogens is 605 g/mol. The zero-order valence-electron chi connectivity index (χ0n) is 23.4. The van der Waals surface area contributed by atoms with Crippen LogP contribution in [0.5, 0.6) is 0 Å². The van der Waals surface area contributed by atoms with Gasteiger partial charge >= 0.3 is 219 Å². The molecule has 0 unspecified atom stereocenters. The number of benzene rings is 6. The molecule has 0 aliphatic carbocycles. The van der Waals surface area contributed by atoms with Gasteiger partial charge in [-0.05, 0) is 6.07 Å². The van der Waals surface area contributed by atoms with Gasteiger partial charge in [0.2, 0.25) is 0 Å². The van der Waals surface area contributed by atoms with Crippen molar-refractivity contribution in [2.45, 2.75) is 0 Å². The van der Waals surface area contributed by atoms with Crippen molar-refractivity contribution < 1.29 is 4.42 Å². The molecule has 44 heavy (non-hydrogen) atoms. The van der Waals surface area contributed by atoms with Gasteiger partial charge in [0.15, 0.2) is 0 Å². The average molecular weight is 629 g/mol. The van der Waals surface area contributed by atoms with Crippen LogP contribution in [0.2, 0.25) is 0 Å². The standard InChI is InChI=1S/C39H23N3OSe/c1-2-10-25(11-3-1)37-40-38(42-39(41-37)32-17-9-16-31-29-13-5-7-19-34(29)44-36(31)32)26-22-20-24(21-23-26)27-14-8-15-30-28-12-4-6-18-33(28)43-35(27)30/h1-23H. The van der Waals surface area contributed by atoms with E-state index in [1.807, 2.05) is 30.3 Å². The molecule has 6 aromatic carbocycles. The Kier molecular flexibility index (Phi) is 5.80. The van der Waals surface area contributed by atoms with Crippen LogP contribution in [0.4, 0.5) is 0 Å². The van der Waals surface area contributed by atoms with Crippen LogP contribution in [-0.4, -0.2) is 29.5 Å². The summed E-state index contributed by atoms with van der Waals surface area (Å²) in [4.78, 5) is 15.1. The topological polar surface area (TPSA) is 51.8 Å². The third-order valence-electron chi connectivity index (χ3n) is 8.17. The minimum atomic E-state index is 0.182. The van der Waals surface area contributed by atoms with E-state index < -0.39 is 0 Å². The molecule has 0 saturated carbocycles. The van der Waals surface area contributed by atoms with Gasteiger partial charge in [-0.15, -0.1) is 0 Å². The Morgan fingerprint density at radius 1 is 0.409 bits per heavy atom. The molecule has 4 nitrogen and oxygen atoms in total. The second kappa shape index (κ2) is 10.1. The summed E-state index contributed by atoms with van der Waals surface area (Å²) < 4.78 is 9.03. The van der Waals surface area contributed by atoms with Gasteiger partial charge in [0.05, 0.1) is 0 Å². The second-order valence-electron chi connectivity index (χ2n) is 10.8. The Morgan fingerprint density at radius 2 is 1.00 bits per heavy atom. The Balaban J connectivity index is 1.19. The van der Waals surface area contributed by atoms with Gasteiger partial charge in [-0.3, -0.25) is 0 Å². The molecule has 0 amide bonds. The summed E-state index contributed by atoms with van der Waals surface area (Å²) in [5.41, 5.74) is 6.92. The monoisotopic (exact) mass is 629 g/mol. The van der Waals surface area contributed by atoms with Crippen molar-refractivity contribution >= 4 is 55.7 Å². The van der Waals surface area contributed by atoms with E-state index in [1.165, 1.54) is 19.3 Å². The molecule has 9 rings (SSSR count). The van der Waals surface area contributed by atoms with E-state index >= 15 is 0 Å². The van der Waals surface area contributed by atoms with E-state index in [2.05, 4.69) is 109 Å². The Morgan fingerprint density at radius 3 is 1.82 bits per heavy atom. The molecule has 3 aromatic heterocycles. The van der Waals surface area contributed by atoms with E-state index in [-0.39, 0.29) is 14.5 Å². The van der Waals surface area contributed by atoms with E-state index in [1.54, 1.807) is 0 Å². The van der Waals surface area contributed by atoms with Crippen molar-refractivity contribution in [1.29, 1.82) is 0 Å². The van der Waals surface area contributed by atoms with Crippen molar-refractivity contribution in [3.8, 4) is 45.3 Å². The molecule has 0 spiro atoms. The minimum absolute atomic E-state index is 0.182. The van der Waals surface area contributed by atoms with Crippen LogP contribution in [0.25, 0.3) is 86.5 Å². The molecule has 0 aliphatic rings. The molecule has 5 heteroatoms. The number of nitrogens with zero attached hydrogens (tertiary/aromatic N) is 3. The normalized spacial score (nSPS) is 11.6. The Bertz CT molecular complexity index is 2490. The van der Waals surface area contributed by atoms with Crippen molar-refractivity contribution in [1.82, 2.24) is 15.0 Å². The molecule has 0 radical (unpaired) electrons. The van der Waals surface area contributed by atoms with Gasteiger partial charge in [-0.1, -0.05) is 24.3 Å². The van der Waals surface area contributed by atoms with Crippen LogP contribution in [0, 0.1) is 0 Å². The van der Waals surface area contributed by atoms with Crippen LogP contribution in [0.15, 0.2) is 144 Å². The summed E-state index contributed by atoms with van der Waals surface area (Å²) >= 11 is 0.182. The predicted molar refractivity (Wildman–Crippen MR) is 181 cm³/mol. The van der Waals surface area contributed by atoms with Crippen LogP contribution in [0.3, 0.4) is 0 Å². The van der Waals surface area contributed by atoms with Gasteiger partial charge in [0.25, 0.3) is 0 Å². The van der Waals surface area contributed by atoms with E-state index in [4.69, 9.17) is 19.4 Å². The van der Waals surface area contributed by atoms with Gasteiger partial charge in [-0.25, -0.2) is 0 Å². The SMILES string of the molecule is c1ccc(-c2nc(-c3ccc(-c4cccc5c4oc4ccccc45)cc3)nc(-c3cccc4c3[se]c3ccccc34)n2)cc1. The fourth-order valence-corrected chi connectivity index (χ4v) is 8.58. The van der Waals surface area contributed by atoms with Crippen LogP contribution >= 0.6 is 0 Å². The molecule has 3 heterocycles. The average Bonchev–Trinajstić information content (AvgIpc) is 3.67. The molecule has 0 atom stereocenters. The fourth-order valence-electron chi connectivity index (χ4n) is 6.04. The Hall–Kier alpha value is -5.35. The molecular formula is C39H23N3OSe. The van der Waals surface area contributed by atoms with Crippen molar-refractivity contribution in [2.75, 3.05) is 0 Å². The van der Waals surface area contributed by atoms with Gasteiger partial charge in [0.1, 0.15) is 5.58 Å². The van der Waals surface area contributed by atoms with Crippen LogP contribution in [0.1, 0.15) is 0 Å². The number of hydrogen-bond acceptors (Lipinski definition) is 4.